The lowest BCUT2D eigenvalue weighted by Crippen LogP contribution is -2.12. The van der Waals surface area contributed by atoms with Crippen molar-refractivity contribution >= 4 is 16.9 Å². The van der Waals surface area contributed by atoms with Crippen molar-refractivity contribution in [2.24, 2.45) is 0 Å². The highest BCUT2D eigenvalue weighted by atomic mass is 19.1. The summed E-state index contributed by atoms with van der Waals surface area (Å²) in [6.07, 6.45) is 0. The molecule has 0 bridgehead atoms. The number of rotatable bonds is 3. The molecule has 23 heavy (non-hydrogen) atoms. The second-order valence-corrected chi connectivity index (χ2v) is 5.43. The third kappa shape index (κ3) is 2.82. The van der Waals surface area contributed by atoms with Gasteiger partial charge in [-0.15, -0.1) is 0 Å². The van der Waals surface area contributed by atoms with Crippen molar-refractivity contribution < 1.29 is 13.9 Å². The van der Waals surface area contributed by atoms with Crippen LogP contribution in [0.5, 0.6) is 0 Å². The molecule has 0 saturated carbocycles. The molecule has 1 aromatic carbocycles. The van der Waals surface area contributed by atoms with Crippen LogP contribution in [0.25, 0.3) is 16.7 Å². The zero-order chi connectivity index (χ0) is 16.6. The first-order valence-corrected chi connectivity index (χ1v) is 7.43. The van der Waals surface area contributed by atoms with Gasteiger partial charge in [0.15, 0.2) is 0 Å². The fraction of sp³-hybridized carbons (Fsp3) is 0.222. The summed E-state index contributed by atoms with van der Waals surface area (Å²) in [6.45, 7) is 5.88. The van der Waals surface area contributed by atoms with Crippen LogP contribution >= 0.6 is 0 Å². The maximum absolute atomic E-state index is 13.5. The van der Waals surface area contributed by atoms with Gasteiger partial charge < -0.3 is 4.74 Å². The number of carbonyl (C=O) groups excluding carboxylic acids is 1. The Labute approximate surface area is 133 Å². The Kier molecular flexibility index (Phi) is 3.86. The van der Waals surface area contributed by atoms with Crippen molar-refractivity contribution in [1.82, 2.24) is 9.55 Å². The molecule has 0 unspecified atom stereocenters. The lowest BCUT2D eigenvalue weighted by molar-refractivity contribution is 0.0517. The normalized spacial score (nSPS) is 11.0. The number of hydrogen-bond donors (Lipinski definition) is 0. The van der Waals surface area contributed by atoms with Crippen LogP contribution in [-0.2, 0) is 4.74 Å². The second kappa shape index (κ2) is 5.83. The monoisotopic (exact) mass is 312 g/mol. The maximum atomic E-state index is 13.5. The molecule has 3 rings (SSSR count). The Morgan fingerprint density at radius 2 is 2.00 bits per heavy atom. The van der Waals surface area contributed by atoms with Gasteiger partial charge in [-0.25, -0.2) is 14.2 Å². The van der Waals surface area contributed by atoms with Crippen LogP contribution in [0.3, 0.4) is 0 Å². The molecule has 0 aliphatic heterocycles. The maximum Gasteiger partial charge on any atom is 0.355 e. The molecular formula is C18H17FN2O2. The predicted molar refractivity (Wildman–Crippen MR) is 86.5 cm³/mol. The van der Waals surface area contributed by atoms with Crippen molar-refractivity contribution in [1.29, 1.82) is 0 Å². The molecule has 0 radical (unpaired) electrons. The van der Waals surface area contributed by atoms with Crippen LogP contribution in [0.4, 0.5) is 4.39 Å². The molecule has 3 aromatic rings. The fourth-order valence-corrected chi connectivity index (χ4v) is 2.72. The van der Waals surface area contributed by atoms with Crippen LogP contribution in [-0.4, -0.2) is 22.1 Å². The van der Waals surface area contributed by atoms with E-state index in [-0.39, 0.29) is 12.4 Å². The summed E-state index contributed by atoms with van der Waals surface area (Å²) in [5.74, 6) is -0.185. The highest BCUT2D eigenvalue weighted by Gasteiger charge is 2.19. The summed E-state index contributed by atoms with van der Waals surface area (Å²) in [7, 11) is 0. The van der Waals surface area contributed by atoms with E-state index >= 15 is 0 Å². The van der Waals surface area contributed by atoms with Gasteiger partial charge in [-0.1, -0.05) is 0 Å². The van der Waals surface area contributed by atoms with E-state index in [1.54, 1.807) is 23.6 Å². The molecule has 0 amide bonds. The Morgan fingerprint density at radius 3 is 2.70 bits per heavy atom. The molecule has 0 spiro atoms. The smallest absolute Gasteiger partial charge is 0.355 e. The number of aromatic nitrogens is 2. The van der Waals surface area contributed by atoms with Gasteiger partial charge >= 0.3 is 5.97 Å². The van der Waals surface area contributed by atoms with Gasteiger partial charge in [0.2, 0.25) is 0 Å². The number of benzene rings is 1. The fourth-order valence-electron chi connectivity index (χ4n) is 2.72. The van der Waals surface area contributed by atoms with Crippen LogP contribution in [0.1, 0.15) is 28.7 Å². The van der Waals surface area contributed by atoms with Crippen LogP contribution in [0.2, 0.25) is 0 Å². The zero-order valence-corrected chi connectivity index (χ0v) is 13.3. The minimum atomic E-state index is -0.454. The Hall–Kier alpha value is -2.69. The summed E-state index contributed by atoms with van der Waals surface area (Å²) in [5.41, 5.74) is 2.93. The first-order valence-electron chi connectivity index (χ1n) is 7.43. The number of hydrogen-bond acceptors (Lipinski definition) is 3. The van der Waals surface area contributed by atoms with E-state index < -0.39 is 5.97 Å². The SMILES string of the molecule is CCOC(=O)c1cc2cc(F)ccc2n1-c1cc(C)cc(C)n1. The molecule has 0 saturated heterocycles. The lowest BCUT2D eigenvalue weighted by Gasteiger charge is -2.11. The largest absolute Gasteiger partial charge is 0.461 e. The molecule has 0 aliphatic carbocycles. The van der Waals surface area contributed by atoms with E-state index in [0.29, 0.717) is 22.4 Å². The predicted octanol–water partition coefficient (Wildman–Crippen LogP) is 3.96. The Bertz CT molecular complexity index is 879. The topological polar surface area (TPSA) is 44.1 Å². The number of esters is 1. The Morgan fingerprint density at radius 1 is 1.22 bits per heavy atom. The van der Waals surface area contributed by atoms with Gasteiger partial charge in [-0.3, -0.25) is 4.57 Å². The molecule has 0 fully saturated rings. The summed E-state index contributed by atoms with van der Waals surface area (Å²) in [5, 5.41) is 0.633. The molecule has 0 N–H and O–H groups in total. The standard InChI is InChI=1S/C18H17FN2O2/c1-4-23-18(22)16-10-13-9-14(19)5-6-15(13)21(16)17-8-11(2)7-12(3)20-17/h5-10H,4H2,1-3H3. The lowest BCUT2D eigenvalue weighted by atomic mass is 10.2. The number of carbonyl (C=O) groups is 1. The second-order valence-electron chi connectivity index (χ2n) is 5.43. The van der Waals surface area contributed by atoms with E-state index in [1.165, 1.54) is 12.1 Å². The van der Waals surface area contributed by atoms with Gasteiger partial charge in [0.05, 0.1) is 12.1 Å². The van der Waals surface area contributed by atoms with Crippen LogP contribution in [0, 0.1) is 19.7 Å². The Balaban J connectivity index is 2.31. The van der Waals surface area contributed by atoms with E-state index in [9.17, 15) is 9.18 Å². The minimum absolute atomic E-state index is 0.273. The number of ether oxygens (including phenoxy) is 1. The number of pyridine rings is 1. The van der Waals surface area contributed by atoms with Crippen molar-refractivity contribution in [3.8, 4) is 5.82 Å². The van der Waals surface area contributed by atoms with Crippen LogP contribution < -0.4 is 0 Å². The van der Waals surface area contributed by atoms with Crippen LogP contribution in [0.15, 0.2) is 36.4 Å². The molecule has 118 valence electrons. The molecule has 0 atom stereocenters. The average Bonchev–Trinajstić information content (AvgIpc) is 2.85. The average molecular weight is 312 g/mol. The highest BCUT2D eigenvalue weighted by Crippen LogP contribution is 2.25. The summed E-state index contributed by atoms with van der Waals surface area (Å²) < 4.78 is 20.4. The van der Waals surface area contributed by atoms with Gasteiger partial charge in [-0.2, -0.15) is 0 Å². The van der Waals surface area contributed by atoms with Crippen molar-refractivity contribution in [3.63, 3.8) is 0 Å². The van der Waals surface area contributed by atoms with Gasteiger partial charge in [0, 0.05) is 11.1 Å². The van der Waals surface area contributed by atoms with Gasteiger partial charge in [-0.05, 0) is 62.7 Å². The molecule has 0 aliphatic rings. The molecule has 2 aromatic heterocycles. The number of aryl methyl sites for hydroxylation is 2. The van der Waals surface area contributed by atoms with E-state index in [1.807, 2.05) is 26.0 Å². The van der Waals surface area contributed by atoms with Crippen molar-refractivity contribution in [2.75, 3.05) is 6.61 Å². The van der Waals surface area contributed by atoms with E-state index in [2.05, 4.69) is 4.98 Å². The molecule has 2 heterocycles. The summed E-state index contributed by atoms with van der Waals surface area (Å²) in [4.78, 5) is 16.8. The molecule has 5 heteroatoms. The number of fused-ring (bicyclic) bond motifs is 1. The molecule has 4 nitrogen and oxygen atoms in total. The van der Waals surface area contributed by atoms with Gasteiger partial charge in [0.25, 0.3) is 0 Å². The first-order chi connectivity index (χ1) is 11.0. The van der Waals surface area contributed by atoms with E-state index in [0.717, 1.165) is 11.3 Å². The zero-order valence-electron chi connectivity index (χ0n) is 13.3. The van der Waals surface area contributed by atoms with Gasteiger partial charge in [0.1, 0.15) is 17.3 Å². The number of halogens is 1. The van der Waals surface area contributed by atoms with Crippen molar-refractivity contribution in [2.45, 2.75) is 20.8 Å². The third-order valence-corrected chi connectivity index (χ3v) is 3.56. The highest BCUT2D eigenvalue weighted by molar-refractivity contribution is 5.97. The first kappa shape index (κ1) is 15.2. The summed E-state index contributed by atoms with van der Waals surface area (Å²) in [6, 6.07) is 9.90. The van der Waals surface area contributed by atoms with Crippen molar-refractivity contribution in [3.05, 3.63) is 59.2 Å². The third-order valence-electron chi connectivity index (χ3n) is 3.56. The minimum Gasteiger partial charge on any atom is -0.461 e. The summed E-state index contributed by atoms with van der Waals surface area (Å²) >= 11 is 0. The number of nitrogens with zero attached hydrogens (tertiary/aromatic N) is 2. The quantitative estimate of drug-likeness (QED) is 0.688. The molecular weight excluding hydrogens is 295 g/mol. The van der Waals surface area contributed by atoms with E-state index in [4.69, 9.17) is 4.74 Å².